The van der Waals surface area contributed by atoms with Crippen LogP contribution in [-0.4, -0.2) is 12.3 Å². The molecule has 0 saturated heterocycles. The molecule has 0 amide bonds. The van der Waals surface area contributed by atoms with E-state index in [0.29, 0.717) is 25.2 Å². The fourth-order valence-electron chi connectivity index (χ4n) is 3.57. The molecule has 1 saturated carbocycles. The summed E-state index contributed by atoms with van der Waals surface area (Å²) >= 11 is 0. The van der Waals surface area contributed by atoms with Crippen LogP contribution in [0.5, 0.6) is 0 Å². The molecule has 2 heteroatoms. The smallest absolute Gasteiger partial charge is 0.137 e. The summed E-state index contributed by atoms with van der Waals surface area (Å²) in [4.78, 5) is 12.2. The number of hydrogen-bond donors (Lipinski definition) is 1. The lowest BCUT2D eigenvalue weighted by Crippen LogP contribution is -2.39. The van der Waals surface area contributed by atoms with Crippen molar-refractivity contribution >= 4 is 5.78 Å². The predicted octanol–water partition coefficient (Wildman–Crippen LogP) is 2.81. The van der Waals surface area contributed by atoms with Crippen LogP contribution in [0.4, 0.5) is 0 Å². The van der Waals surface area contributed by atoms with Gasteiger partial charge in [-0.2, -0.15) is 0 Å². The van der Waals surface area contributed by atoms with Crippen molar-refractivity contribution in [2.75, 3.05) is 6.54 Å². The molecule has 0 bridgehead atoms. The van der Waals surface area contributed by atoms with Crippen LogP contribution in [0, 0.1) is 5.41 Å². The van der Waals surface area contributed by atoms with Gasteiger partial charge in [-0.3, -0.25) is 4.79 Å². The number of fused-ring (bicyclic) bond motifs is 1. The molecule has 1 aromatic carbocycles. The quantitative estimate of drug-likeness (QED) is 0.881. The minimum absolute atomic E-state index is 0.147. The molecule has 2 aliphatic rings. The van der Waals surface area contributed by atoms with Crippen molar-refractivity contribution in [3.8, 4) is 0 Å². The lowest BCUT2D eigenvalue weighted by Gasteiger charge is -2.40. The summed E-state index contributed by atoms with van der Waals surface area (Å²) < 4.78 is 0. The zero-order valence-electron chi connectivity index (χ0n) is 11.6. The number of carbonyl (C=O) groups excluding carboxylic acids is 1. The summed E-state index contributed by atoms with van der Waals surface area (Å²) in [6.07, 6.45) is 8.45. The Bertz CT molecular complexity index is 483. The van der Waals surface area contributed by atoms with Crippen LogP contribution in [0.2, 0.25) is 0 Å². The van der Waals surface area contributed by atoms with Crippen molar-refractivity contribution < 1.29 is 4.79 Å². The molecule has 3 rings (SSSR count). The number of carbonyl (C=O) groups is 1. The average molecular weight is 257 g/mol. The van der Waals surface area contributed by atoms with Gasteiger partial charge in [0.15, 0.2) is 0 Å². The summed E-state index contributed by atoms with van der Waals surface area (Å²) in [6.45, 7) is 0.670. The van der Waals surface area contributed by atoms with Crippen molar-refractivity contribution in [1.82, 2.24) is 0 Å². The van der Waals surface area contributed by atoms with E-state index in [1.807, 2.05) is 0 Å². The molecular weight excluding hydrogens is 234 g/mol. The first-order chi connectivity index (χ1) is 9.21. The van der Waals surface area contributed by atoms with Crippen molar-refractivity contribution in [3.63, 3.8) is 0 Å². The van der Waals surface area contributed by atoms with Crippen LogP contribution in [-0.2, 0) is 24.1 Å². The fourth-order valence-corrected chi connectivity index (χ4v) is 3.57. The Balaban J connectivity index is 1.63. The van der Waals surface area contributed by atoms with E-state index in [4.69, 9.17) is 5.73 Å². The first-order valence-corrected chi connectivity index (χ1v) is 7.53. The second kappa shape index (κ2) is 5.09. The maximum atomic E-state index is 12.2. The highest BCUT2D eigenvalue weighted by molar-refractivity contribution is 5.81. The van der Waals surface area contributed by atoms with E-state index >= 15 is 0 Å². The van der Waals surface area contributed by atoms with Gasteiger partial charge in [0, 0.05) is 12.8 Å². The number of rotatable bonds is 5. The molecule has 1 aromatic rings. The van der Waals surface area contributed by atoms with Gasteiger partial charge in [0.25, 0.3) is 0 Å². The van der Waals surface area contributed by atoms with Gasteiger partial charge in [0.2, 0.25) is 0 Å². The molecule has 2 nitrogen and oxygen atoms in total. The standard InChI is InChI=1S/C17H23NO/c18-12-17(7-2-8-17)11-16(19)10-13-5-6-14-3-1-4-15(14)9-13/h5-6,9H,1-4,7-8,10-12,18H2. The van der Waals surface area contributed by atoms with Crippen LogP contribution in [0.25, 0.3) is 0 Å². The number of Topliss-reactive ketones (excluding diaryl/α,β-unsaturated/α-hetero) is 1. The second-order valence-electron chi connectivity index (χ2n) is 6.41. The Morgan fingerprint density at radius 1 is 1.16 bits per heavy atom. The van der Waals surface area contributed by atoms with Gasteiger partial charge >= 0.3 is 0 Å². The molecule has 19 heavy (non-hydrogen) atoms. The maximum absolute atomic E-state index is 12.2. The zero-order valence-corrected chi connectivity index (χ0v) is 11.6. The van der Waals surface area contributed by atoms with Crippen molar-refractivity contribution in [2.24, 2.45) is 11.1 Å². The monoisotopic (exact) mass is 257 g/mol. The highest BCUT2D eigenvalue weighted by Gasteiger charge is 2.37. The molecule has 0 unspecified atom stereocenters. The van der Waals surface area contributed by atoms with Gasteiger partial charge in [-0.15, -0.1) is 0 Å². The molecule has 0 aromatic heterocycles. The van der Waals surface area contributed by atoms with Crippen LogP contribution >= 0.6 is 0 Å². The predicted molar refractivity (Wildman–Crippen MR) is 77.1 cm³/mol. The molecule has 0 radical (unpaired) electrons. The molecule has 1 fully saturated rings. The lowest BCUT2D eigenvalue weighted by atomic mass is 9.65. The van der Waals surface area contributed by atoms with Crippen LogP contribution < -0.4 is 5.73 Å². The van der Waals surface area contributed by atoms with Gasteiger partial charge in [-0.1, -0.05) is 24.6 Å². The summed E-state index contributed by atoms with van der Waals surface area (Å²) in [6, 6.07) is 6.60. The molecule has 0 heterocycles. The number of ketones is 1. The van der Waals surface area contributed by atoms with Crippen LogP contribution in [0.1, 0.15) is 48.8 Å². The fraction of sp³-hybridized carbons (Fsp3) is 0.588. The minimum Gasteiger partial charge on any atom is -0.330 e. The summed E-state index contributed by atoms with van der Waals surface area (Å²) in [5, 5.41) is 0. The zero-order chi connectivity index (χ0) is 13.3. The van der Waals surface area contributed by atoms with E-state index in [0.717, 1.165) is 12.8 Å². The highest BCUT2D eigenvalue weighted by Crippen LogP contribution is 2.43. The number of nitrogens with two attached hydrogens (primary N) is 1. The van der Waals surface area contributed by atoms with E-state index in [-0.39, 0.29) is 5.41 Å². The van der Waals surface area contributed by atoms with E-state index < -0.39 is 0 Å². The van der Waals surface area contributed by atoms with Crippen molar-refractivity contribution in [3.05, 3.63) is 34.9 Å². The van der Waals surface area contributed by atoms with Gasteiger partial charge in [0.1, 0.15) is 5.78 Å². The van der Waals surface area contributed by atoms with E-state index in [9.17, 15) is 4.79 Å². The molecular formula is C17H23NO. The van der Waals surface area contributed by atoms with Gasteiger partial charge < -0.3 is 5.73 Å². The highest BCUT2D eigenvalue weighted by atomic mass is 16.1. The summed E-state index contributed by atoms with van der Waals surface area (Å²) in [7, 11) is 0. The van der Waals surface area contributed by atoms with Gasteiger partial charge in [-0.05, 0) is 60.8 Å². The third-order valence-corrected chi connectivity index (χ3v) is 4.98. The van der Waals surface area contributed by atoms with Crippen LogP contribution in [0.15, 0.2) is 18.2 Å². The van der Waals surface area contributed by atoms with Crippen molar-refractivity contribution in [1.29, 1.82) is 0 Å². The third kappa shape index (κ3) is 2.59. The number of benzene rings is 1. The largest absolute Gasteiger partial charge is 0.330 e. The minimum atomic E-state index is 0.147. The summed E-state index contributed by atoms with van der Waals surface area (Å²) in [5.41, 5.74) is 10.1. The van der Waals surface area contributed by atoms with E-state index in [2.05, 4.69) is 18.2 Å². The van der Waals surface area contributed by atoms with Gasteiger partial charge in [-0.25, -0.2) is 0 Å². The van der Waals surface area contributed by atoms with E-state index in [1.54, 1.807) is 0 Å². The average Bonchev–Trinajstić information content (AvgIpc) is 2.81. The van der Waals surface area contributed by atoms with Crippen LogP contribution in [0.3, 0.4) is 0 Å². The van der Waals surface area contributed by atoms with Crippen molar-refractivity contribution in [2.45, 2.75) is 51.4 Å². The Labute approximate surface area is 115 Å². The first kappa shape index (κ1) is 12.9. The van der Waals surface area contributed by atoms with E-state index in [1.165, 1.54) is 42.4 Å². The Hall–Kier alpha value is -1.15. The van der Waals surface area contributed by atoms with Gasteiger partial charge in [0.05, 0.1) is 0 Å². The number of aryl methyl sites for hydroxylation is 2. The summed E-state index contributed by atoms with van der Waals surface area (Å²) in [5.74, 6) is 0.364. The molecule has 102 valence electrons. The maximum Gasteiger partial charge on any atom is 0.137 e. The SMILES string of the molecule is NCC1(CC(=O)Cc2ccc3c(c2)CCC3)CCC1. The Kier molecular flexibility index (Phi) is 3.44. The Morgan fingerprint density at radius 3 is 2.63 bits per heavy atom. The molecule has 0 spiro atoms. The second-order valence-corrected chi connectivity index (χ2v) is 6.41. The topological polar surface area (TPSA) is 43.1 Å². The molecule has 0 aliphatic heterocycles. The first-order valence-electron chi connectivity index (χ1n) is 7.53. The molecule has 0 atom stereocenters. The third-order valence-electron chi connectivity index (χ3n) is 4.98. The molecule has 2 aliphatic carbocycles. The lowest BCUT2D eigenvalue weighted by molar-refractivity contribution is -0.122. The Morgan fingerprint density at radius 2 is 1.95 bits per heavy atom. The molecule has 2 N–H and O–H groups in total. The number of hydrogen-bond acceptors (Lipinski definition) is 2. The normalized spacial score (nSPS) is 19.8.